The van der Waals surface area contributed by atoms with Gasteiger partial charge in [0.05, 0.1) is 12.2 Å². The first-order valence-corrected chi connectivity index (χ1v) is 5.34. The highest BCUT2D eigenvalue weighted by atomic mass is 19.3. The SMILES string of the molecule is CCCn1nccc1CNCC(F)(F)C(F)F. The van der Waals surface area contributed by atoms with Gasteiger partial charge in [-0.1, -0.05) is 6.92 Å². The fraction of sp³-hybridized carbons (Fsp3) is 0.700. The Hall–Kier alpha value is -1.11. The van der Waals surface area contributed by atoms with Gasteiger partial charge in [-0.3, -0.25) is 4.68 Å². The summed E-state index contributed by atoms with van der Waals surface area (Å²) in [5.41, 5.74) is 0.705. The van der Waals surface area contributed by atoms with E-state index in [9.17, 15) is 17.6 Å². The second kappa shape index (κ2) is 6.00. The Labute approximate surface area is 96.8 Å². The Morgan fingerprint density at radius 3 is 2.76 bits per heavy atom. The number of hydrogen-bond donors (Lipinski definition) is 1. The first kappa shape index (κ1) is 14.0. The van der Waals surface area contributed by atoms with Crippen LogP contribution in [-0.4, -0.2) is 28.7 Å². The van der Waals surface area contributed by atoms with E-state index in [0.29, 0.717) is 12.2 Å². The highest BCUT2D eigenvalue weighted by molar-refractivity contribution is 5.00. The van der Waals surface area contributed by atoms with Gasteiger partial charge in [-0.15, -0.1) is 0 Å². The second-order valence-electron chi connectivity index (χ2n) is 3.71. The third-order valence-electron chi connectivity index (χ3n) is 2.23. The van der Waals surface area contributed by atoms with E-state index >= 15 is 0 Å². The lowest BCUT2D eigenvalue weighted by Gasteiger charge is -2.16. The van der Waals surface area contributed by atoms with Crippen LogP contribution in [0.4, 0.5) is 17.6 Å². The van der Waals surface area contributed by atoms with E-state index in [0.717, 1.165) is 6.42 Å². The highest BCUT2D eigenvalue weighted by Gasteiger charge is 2.39. The quantitative estimate of drug-likeness (QED) is 0.755. The van der Waals surface area contributed by atoms with Crippen LogP contribution < -0.4 is 5.32 Å². The zero-order chi connectivity index (χ0) is 12.9. The number of aryl methyl sites for hydroxylation is 1. The molecule has 0 aliphatic carbocycles. The average molecular weight is 253 g/mol. The minimum absolute atomic E-state index is 0.0995. The summed E-state index contributed by atoms with van der Waals surface area (Å²) in [6.07, 6.45) is -1.23. The molecule has 98 valence electrons. The summed E-state index contributed by atoms with van der Waals surface area (Å²) >= 11 is 0. The molecule has 0 fully saturated rings. The number of halogens is 4. The molecule has 7 heteroatoms. The van der Waals surface area contributed by atoms with Crippen molar-refractivity contribution < 1.29 is 17.6 Å². The van der Waals surface area contributed by atoms with Crippen molar-refractivity contribution in [1.29, 1.82) is 0 Å². The fourth-order valence-corrected chi connectivity index (χ4v) is 1.36. The Morgan fingerprint density at radius 2 is 2.18 bits per heavy atom. The second-order valence-corrected chi connectivity index (χ2v) is 3.71. The lowest BCUT2D eigenvalue weighted by Crippen LogP contribution is -2.38. The summed E-state index contributed by atoms with van der Waals surface area (Å²) in [4.78, 5) is 0. The third-order valence-corrected chi connectivity index (χ3v) is 2.23. The number of hydrogen-bond acceptors (Lipinski definition) is 2. The first-order chi connectivity index (χ1) is 7.97. The predicted molar refractivity (Wildman–Crippen MR) is 55.2 cm³/mol. The smallest absolute Gasteiger partial charge is 0.305 e. The molecule has 0 amide bonds. The van der Waals surface area contributed by atoms with Crippen molar-refractivity contribution in [1.82, 2.24) is 15.1 Å². The molecule has 0 aromatic carbocycles. The maximum atomic E-state index is 12.6. The molecule has 0 saturated carbocycles. The minimum Gasteiger partial charge on any atom is -0.305 e. The van der Waals surface area contributed by atoms with E-state index in [1.807, 2.05) is 6.92 Å². The molecule has 0 unspecified atom stereocenters. The molecule has 0 bridgehead atoms. The van der Waals surface area contributed by atoms with Crippen LogP contribution in [-0.2, 0) is 13.1 Å². The van der Waals surface area contributed by atoms with Gasteiger partial charge in [-0.25, -0.2) is 8.78 Å². The Kier molecular flexibility index (Phi) is 4.92. The lowest BCUT2D eigenvalue weighted by atomic mass is 10.3. The molecule has 1 rings (SSSR count). The van der Waals surface area contributed by atoms with Crippen molar-refractivity contribution in [2.45, 2.75) is 38.8 Å². The summed E-state index contributed by atoms with van der Waals surface area (Å²) in [7, 11) is 0. The molecule has 0 radical (unpaired) electrons. The van der Waals surface area contributed by atoms with Crippen LogP contribution >= 0.6 is 0 Å². The maximum absolute atomic E-state index is 12.6. The van der Waals surface area contributed by atoms with Crippen molar-refractivity contribution in [3.63, 3.8) is 0 Å². The first-order valence-electron chi connectivity index (χ1n) is 5.34. The normalized spacial score (nSPS) is 12.4. The van der Waals surface area contributed by atoms with Crippen LogP contribution in [0.3, 0.4) is 0 Å². The molecular formula is C10H15F4N3. The zero-order valence-electron chi connectivity index (χ0n) is 9.47. The molecule has 0 spiro atoms. The van der Waals surface area contributed by atoms with Crippen LogP contribution in [0, 0.1) is 0 Å². The largest absolute Gasteiger partial charge is 0.319 e. The molecule has 1 aromatic heterocycles. The van der Waals surface area contributed by atoms with Gasteiger partial charge in [0.1, 0.15) is 0 Å². The number of nitrogens with zero attached hydrogens (tertiary/aromatic N) is 2. The van der Waals surface area contributed by atoms with E-state index in [4.69, 9.17) is 0 Å². The predicted octanol–water partition coefficient (Wildman–Crippen LogP) is 2.28. The van der Waals surface area contributed by atoms with E-state index < -0.39 is 18.9 Å². The molecule has 0 atom stereocenters. The molecule has 1 aromatic rings. The number of aromatic nitrogens is 2. The lowest BCUT2D eigenvalue weighted by molar-refractivity contribution is -0.125. The van der Waals surface area contributed by atoms with Gasteiger partial charge in [-0.05, 0) is 12.5 Å². The topological polar surface area (TPSA) is 29.9 Å². The van der Waals surface area contributed by atoms with Gasteiger partial charge in [0.25, 0.3) is 0 Å². The number of rotatable bonds is 7. The summed E-state index contributed by atoms with van der Waals surface area (Å²) in [5, 5.41) is 6.31. The van der Waals surface area contributed by atoms with Gasteiger partial charge >= 0.3 is 12.3 Å². The van der Waals surface area contributed by atoms with E-state index in [1.165, 1.54) is 0 Å². The van der Waals surface area contributed by atoms with Gasteiger partial charge in [-0.2, -0.15) is 13.9 Å². The molecule has 0 aliphatic rings. The minimum atomic E-state index is -3.99. The Bertz CT molecular complexity index is 338. The Balaban J connectivity index is 2.43. The monoisotopic (exact) mass is 253 g/mol. The standard InChI is InChI=1S/C10H15F4N3/c1-2-5-17-8(3-4-16-17)6-15-7-10(13,14)9(11)12/h3-4,9,15H,2,5-7H2,1H3. The van der Waals surface area contributed by atoms with Crippen molar-refractivity contribution in [3.05, 3.63) is 18.0 Å². The Morgan fingerprint density at radius 1 is 1.47 bits per heavy atom. The molecule has 0 aliphatic heterocycles. The van der Waals surface area contributed by atoms with Crippen molar-refractivity contribution >= 4 is 0 Å². The van der Waals surface area contributed by atoms with E-state index in [1.54, 1.807) is 16.9 Å². The molecule has 17 heavy (non-hydrogen) atoms. The summed E-state index contributed by atoms with van der Waals surface area (Å²) in [5.74, 6) is -3.99. The van der Waals surface area contributed by atoms with Crippen LogP contribution in [0.25, 0.3) is 0 Å². The summed E-state index contributed by atoms with van der Waals surface area (Å²) in [6, 6.07) is 1.67. The molecule has 3 nitrogen and oxygen atoms in total. The van der Waals surface area contributed by atoms with Crippen LogP contribution in [0.2, 0.25) is 0 Å². The summed E-state index contributed by atoms with van der Waals surface area (Å²) < 4.78 is 50.6. The number of nitrogens with one attached hydrogen (secondary N) is 1. The van der Waals surface area contributed by atoms with Gasteiger partial charge in [0, 0.05) is 19.3 Å². The van der Waals surface area contributed by atoms with Crippen LogP contribution in [0.1, 0.15) is 19.0 Å². The van der Waals surface area contributed by atoms with Gasteiger partial charge < -0.3 is 5.32 Å². The molecular weight excluding hydrogens is 238 g/mol. The van der Waals surface area contributed by atoms with Crippen molar-refractivity contribution in [2.75, 3.05) is 6.54 Å². The highest BCUT2D eigenvalue weighted by Crippen LogP contribution is 2.21. The van der Waals surface area contributed by atoms with Gasteiger partial charge in [0.15, 0.2) is 0 Å². The third kappa shape index (κ3) is 3.99. The summed E-state index contributed by atoms with van der Waals surface area (Å²) in [6.45, 7) is 1.70. The zero-order valence-corrected chi connectivity index (χ0v) is 9.47. The van der Waals surface area contributed by atoms with Crippen molar-refractivity contribution in [3.8, 4) is 0 Å². The van der Waals surface area contributed by atoms with Crippen LogP contribution in [0.5, 0.6) is 0 Å². The molecule has 1 N–H and O–H groups in total. The van der Waals surface area contributed by atoms with E-state index in [2.05, 4.69) is 10.4 Å². The molecule has 0 saturated heterocycles. The maximum Gasteiger partial charge on any atom is 0.319 e. The number of alkyl halides is 4. The van der Waals surface area contributed by atoms with E-state index in [-0.39, 0.29) is 6.54 Å². The van der Waals surface area contributed by atoms with Crippen molar-refractivity contribution in [2.24, 2.45) is 0 Å². The average Bonchev–Trinajstić information content (AvgIpc) is 2.66. The van der Waals surface area contributed by atoms with Crippen LogP contribution in [0.15, 0.2) is 12.3 Å². The van der Waals surface area contributed by atoms with Gasteiger partial charge in [0.2, 0.25) is 0 Å². The fourth-order valence-electron chi connectivity index (χ4n) is 1.36. The molecule has 1 heterocycles.